The van der Waals surface area contributed by atoms with E-state index >= 15 is 0 Å². The van der Waals surface area contributed by atoms with Crippen LogP contribution in [0, 0.1) is 0 Å². The summed E-state index contributed by atoms with van der Waals surface area (Å²) in [6, 6.07) is 15.2. The minimum absolute atomic E-state index is 0.0286. The number of hydrogen-bond donors (Lipinski definition) is 1. The van der Waals surface area contributed by atoms with E-state index < -0.39 is 17.5 Å². The van der Waals surface area contributed by atoms with E-state index in [1.807, 2.05) is 6.07 Å². The van der Waals surface area contributed by atoms with Crippen LogP contribution in [-0.4, -0.2) is 24.5 Å². The van der Waals surface area contributed by atoms with Crippen LogP contribution in [0.15, 0.2) is 63.8 Å². The van der Waals surface area contributed by atoms with Crippen molar-refractivity contribution in [2.75, 3.05) is 6.61 Å². The maximum atomic E-state index is 12.5. The maximum Gasteiger partial charge on any atom is 0.349 e. The molecule has 1 N–H and O–H groups in total. The van der Waals surface area contributed by atoms with Crippen molar-refractivity contribution in [3.63, 3.8) is 0 Å². The second kappa shape index (κ2) is 9.47. The fourth-order valence-corrected chi connectivity index (χ4v) is 3.64. The minimum Gasteiger partial charge on any atom is -0.482 e. The predicted molar refractivity (Wildman–Crippen MR) is 114 cm³/mol. The van der Waals surface area contributed by atoms with Gasteiger partial charge in [-0.25, -0.2) is 9.59 Å². The van der Waals surface area contributed by atoms with Crippen molar-refractivity contribution in [3.8, 4) is 11.5 Å². The minimum atomic E-state index is -0.725. The molecule has 1 saturated carbocycles. The smallest absolute Gasteiger partial charge is 0.349 e. The number of amides is 1. The molecule has 3 aromatic rings. The summed E-state index contributed by atoms with van der Waals surface area (Å²) in [6.07, 6.45) is 5.18. The Labute approximate surface area is 179 Å². The Bertz CT molecular complexity index is 1130. The molecule has 0 atom stereocenters. The lowest BCUT2D eigenvalue weighted by Crippen LogP contribution is -2.38. The molecule has 0 saturated heterocycles. The highest BCUT2D eigenvalue weighted by molar-refractivity contribution is 5.97. The summed E-state index contributed by atoms with van der Waals surface area (Å²) in [7, 11) is 0. The molecule has 1 aromatic heterocycles. The molecule has 1 heterocycles. The molecule has 7 heteroatoms. The number of hydrogen-bond acceptors (Lipinski definition) is 6. The highest BCUT2D eigenvalue weighted by Crippen LogP contribution is 2.22. The van der Waals surface area contributed by atoms with Gasteiger partial charge in [-0.15, -0.1) is 0 Å². The topological polar surface area (TPSA) is 94.8 Å². The van der Waals surface area contributed by atoms with Crippen LogP contribution in [0.4, 0.5) is 0 Å². The van der Waals surface area contributed by atoms with Gasteiger partial charge in [0.1, 0.15) is 22.6 Å². The van der Waals surface area contributed by atoms with Crippen molar-refractivity contribution >= 4 is 22.8 Å². The molecular weight excluding hydrogens is 398 g/mol. The molecule has 2 aromatic carbocycles. The number of carbonyl (C=O) groups excluding carboxylic acids is 2. The van der Waals surface area contributed by atoms with E-state index in [9.17, 15) is 14.4 Å². The van der Waals surface area contributed by atoms with Gasteiger partial charge in [-0.2, -0.15) is 0 Å². The van der Waals surface area contributed by atoms with Gasteiger partial charge in [0.05, 0.1) is 0 Å². The molecule has 1 amide bonds. The second-order valence-corrected chi connectivity index (χ2v) is 7.53. The molecule has 7 nitrogen and oxygen atoms in total. The van der Waals surface area contributed by atoms with Gasteiger partial charge < -0.3 is 19.2 Å². The highest BCUT2D eigenvalue weighted by Gasteiger charge is 2.20. The van der Waals surface area contributed by atoms with Crippen LogP contribution in [0.5, 0.6) is 11.5 Å². The maximum absolute atomic E-state index is 12.5. The highest BCUT2D eigenvalue weighted by atomic mass is 16.6. The lowest BCUT2D eigenvalue weighted by Gasteiger charge is -2.22. The Kier molecular flexibility index (Phi) is 6.31. The van der Waals surface area contributed by atoms with Crippen LogP contribution >= 0.6 is 0 Å². The largest absolute Gasteiger partial charge is 0.482 e. The van der Waals surface area contributed by atoms with E-state index in [2.05, 4.69) is 5.32 Å². The van der Waals surface area contributed by atoms with Crippen molar-refractivity contribution in [1.29, 1.82) is 0 Å². The summed E-state index contributed by atoms with van der Waals surface area (Å²) in [5.41, 5.74) is -0.524. The molecule has 160 valence electrons. The summed E-state index contributed by atoms with van der Waals surface area (Å²) in [6.45, 7) is -0.258. The number of para-hydroxylation sites is 1. The van der Waals surface area contributed by atoms with E-state index in [1.54, 1.807) is 36.4 Å². The summed E-state index contributed by atoms with van der Waals surface area (Å²) in [4.78, 5) is 36.9. The summed E-state index contributed by atoms with van der Waals surface area (Å²) >= 11 is 0. The van der Waals surface area contributed by atoms with Gasteiger partial charge in [-0.1, -0.05) is 37.5 Å². The molecule has 31 heavy (non-hydrogen) atoms. The third-order valence-electron chi connectivity index (χ3n) is 5.22. The van der Waals surface area contributed by atoms with Crippen LogP contribution in [0.25, 0.3) is 11.0 Å². The first kappa shape index (κ1) is 20.7. The van der Waals surface area contributed by atoms with Crippen LogP contribution in [0.3, 0.4) is 0 Å². The fourth-order valence-electron chi connectivity index (χ4n) is 3.64. The van der Waals surface area contributed by atoms with Gasteiger partial charge >= 0.3 is 11.6 Å². The molecule has 1 aliphatic carbocycles. The Balaban J connectivity index is 1.43. The van der Waals surface area contributed by atoms with Crippen molar-refractivity contribution in [1.82, 2.24) is 5.32 Å². The van der Waals surface area contributed by atoms with E-state index in [0.29, 0.717) is 11.1 Å². The molecule has 0 spiro atoms. The molecular formula is C24H23NO6. The first-order valence-electron chi connectivity index (χ1n) is 10.4. The first-order chi connectivity index (χ1) is 15.1. The first-order valence-corrected chi connectivity index (χ1v) is 10.4. The summed E-state index contributed by atoms with van der Waals surface area (Å²) in [5, 5.41) is 3.49. The number of rotatable bonds is 6. The van der Waals surface area contributed by atoms with E-state index in [0.717, 1.165) is 25.7 Å². The molecule has 0 unspecified atom stereocenters. The lowest BCUT2D eigenvalue weighted by molar-refractivity contribution is -0.136. The molecule has 0 aliphatic heterocycles. The van der Waals surface area contributed by atoms with Gasteiger partial charge in [0.15, 0.2) is 6.61 Å². The quantitative estimate of drug-likeness (QED) is 0.369. The van der Waals surface area contributed by atoms with Gasteiger partial charge in [0.25, 0.3) is 5.91 Å². The third-order valence-corrected chi connectivity index (χ3v) is 5.22. The summed E-state index contributed by atoms with van der Waals surface area (Å²) < 4.78 is 15.9. The van der Waals surface area contributed by atoms with Crippen LogP contribution in [0.2, 0.25) is 0 Å². The van der Waals surface area contributed by atoms with E-state index in [1.165, 1.54) is 18.6 Å². The SMILES string of the molecule is O=C(COc1ccccc1)Oc1ccc2cc(C(=O)NC3CCCCC3)c(=O)oc2c1. The Morgan fingerprint density at radius 3 is 2.52 bits per heavy atom. The molecule has 1 fully saturated rings. The monoisotopic (exact) mass is 421 g/mol. The second-order valence-electron chi connectivity index (χ2n) is 7.53. The zero-order chi connectivity index (χ0) is 21.6. The van der Waals surface area contributed by atoms with Gasteiger partial charge in [-0.05, 0) is 43.2 Å². The van der Waals surface area contributed by atoms with Crippen molar-refractivity contribution in [2.24, 2.45) is 0 Å². The van der Waals surface area contributed by atoms with Crippen LogP contribution in [-0.2, 0) is 4.79 Å². The van der Waals surface area contributed by atoms with Gasteiger partial charge in [-0.3, -0.25) is 4.79 Å². The number of nitrogens with one attached hydrogen (secondary N) is 1. The van der Waals surface area contributed by atoms with Gasteiger partial charge in [0.2, 0.25) is 0 Å². The predicted octanol–water partition coefficient (Wildman–Crippen LogP) is 3.84. The van der Waals surface area contributed by atoms with E-state index in [4.69, 9.17) is 13.9 Å². The zero-order valence-corrected chi connectivity index (χ0v) is 17.0. The Morgan fingerprint density at radius 2 is 1.74 bits per heavy atom. The Morgan fingerprint density at radius 1 is 0.968 bits per heavy atom. The number of esters is 1. The Hall–Kier alpha value is -3.61. The van der Waals surface area contributed by atoms with E-state index in [-0.39, 0.29) is 29.5 Å². The molecule has 1 aliphatic rings. The third kappa shape index (κ3) is 5.31. The average Bonchev–Trinajstić information content (AvgIpc) is 2.78. The van der Waals surface area contributed by atoms with Crippen LogP contribution in [0.1, 0.15) is 42.5 Å². The standard InChI is InChI=1S/C24H23NO6/c26-22(15-29-18-9-5-2-6-10-18)30-19-12-11-16-13-20(24(28)31-21(16)14-19)23(27)25-17-7-3-1-4-8-17/h2,5-6,9-14,17H,1,3-4,7-8,15H2,(H,25,27). The number of carbonyl (C=O) groups is 2. The number of benzene rings is 2. The van der Waals surface area contributed by atoms with Crippen molar-refractivity contribution in [3.05, 3.63) is 70.6 Å². The molecule has 4 rings (SSSR count). The molecule has 0 bridgehead atoms. The van der Waals surface area contributed by atoms with Gasteiger partial charge in [0, 0.05) is 17.5 Å². The summed E-state index contributed by atoms with van der Waals surface area (Å²) in [5.74, 6) is -0.232. The fraction of sp³-hybridized carbons (Fsp3) is 0.292. The van der Waals surface area contributed by atoms with Crippen molar-refractivity contribution < 1.29 is 23.5 Å². The zero-order valence-electron chi connectivity index (χ0n) is 17.0. The normalized spacial score (nSPS) is 14.2. The number of fused-ring (bicyclic) bond motifs is 1. The lowest BCUT2D eigenvalue weighted by atomic mass is 9.95. The average molecular weight is 421 g/mol. The van der Waals surface area contributed by atoms with Crippen LogP contribution < -0.4 is 20.4 Å². The molecule has 0 radical (unpaired) electrons. The van der Waals surface area contributed by atoms with Crippen molar-refractivity contribution in [2.45, 2.75) is 38.1 Å². The number of ether oxygens (including phenoxy) is 2.